The Labute approximate surface area is 119 Å². The SMILES string of the molecule is O=C(O)c1ccc(OCCCOCC2CCCC2)cc1. The molecule has 1 fully saturated rings. The lowest BCUT2D eigenvalue weighted by Crippen LogP contribution is -2.09. The van der Waals surface area contributed by atoms with E-state index in [1.807, 2.05) is 0 Å². The van der Waals surface area contributed by atoms with Gasteiger partial charge in [-0.05, 0) is 43.0 Å². The van der Waals surface area contributed by atoms with Gasteiger partial charge < -0.3 is 14.6 Å². The summed E-state index contributed by atoms with van der Waals surface area (Å²) < 4.78 is 11.2. The lowest BCUT2D eigenvalue weighted by molar-refractivity contribution is 0.0697. The topological polar surface area (TPSA) is 55.8 Å². The van der Waals surface area contributed by atoms with Gasteiger partial charge in [-0.3, -0.25) is 0 Å². The van der Waals surface area contributed by atoms with E-state index in [-0.39, 0.29) is 5.56 Å². The van der Waals surface area contributed by atoms with Crippen molar-refractivity contribution < 1.29 is 19.4 Å². The van der Waals surface area contributed by atoms with Crippen LogP contribution in [0, 0.1) is 5.92 Å². The Hall–Kier alpha value is -1.55. The van der Waals surface area contributed by atoms with Crippen LogP contribution in [0.2, 0.25) is 0 Å². The van der Waals surface area contributed by atoms with E-state index in [0.717, 1.165) is 25.6 Å². The van der Waals surface area contributed by atoms with Gasteiger partial charge in [0.2, 0.25) is 0 Å². The number of carboxylic acids is 1. The predicted molar refractivity (Wildman–Crippen MR) is 76.3 cm³/mol. The van der Waals surface area contributed by atoms with E-state index < -0.39 is 5.97 Å². The largest absolute Gasteiger partial charge is 0.494 e. The first-order valence-corrected chi connectivity index (χ1v) is 7.29. The fourth-order valence-electron chi connectivity index (χ4n) is 2.47. The van der Waals surface area contributed by atoms with E-state index in [4.69, 9.17) is 14.6 Å². The Morgan fingerprint density at radius 2 is 1.85 bits per heavy atom. The number of benzene rings is 1. The van der Waals surface area contributed by atoms with Gasteiger partial charge in [0, 0.05) is 19.6 Å². The smallest absolute Gasteiger partial charge is 0.335 e. The van der Waals surface area contributed by atoms with Gasteiger partial charge in [-0.2, -0.15) is 0 Å². The van der Waals surface area contributed by atoms with Gasteiger partial charge in [-0.1, -0.05) is 12.8 Å². The van der Waals surface area contributed by atoms with Crippen LogP contribution in [0.3, 0.4) is 0 Å². The number of ether oxygens (including phenoxy) is 2. The third-order valence-corrected chi connectivity index (χ3v) is 3.63. The molecule has 4 heteroatoms. The van der Waals surface area contributed by atoms with Crippen molar-refractivity contribution in [2.75, 3.05) is 19.8 Å². The molecule has 0 atom stereocenters. The van der Waals surface area contributed by atoms with Crippen molar-refractivity contribution in [3.05, 3.63) is 29.8 Å². The Morgan fingerprint density at radius 1 is 1.15 bits per heavy atom. The highest BCUT2D eigenvalue weighted by Crippen LogP contribution is 2.24. The van der Waals surface area contributed by atoms with Gasteiger partial charge in [0.05, 0.1) is 12.2 Å². The number of aromatic carboxylic acids is 1. The van der Waals surface area contributed by atoms with Crippen LogP contribution in [0.25, 0.3) is 0 Å². The van der Waals surface area contributed by atoms with Crippen LogP contribution < -0.4 is 4.74 Å². The molecular formula is C16H22O4. The first-order chi connectivity index (χ1) is 9.75. The Kier molecular flexibility index (Phi) is 5.87. The Balaban J connectivity index is 1.55. The minimum absolute atomic E-state index is 0.275. The van der Waals surface area contributed by atoms with Crippen molar-refractivity contribution in [2.45, 2.75) is 32.1 Å². The molecule has 20 heavy (non-hydrogen) atoms. The van der Waals surface area contributed by atoms with Crippen LogP contribution in [-0.2, 0) is 4.74 Å². The summed E-state index contributed by atoms with van der Waals surface area (Å²) in [5.41, 5.74) is 0.275. The van der Waals surface area contributed by atoms with Crippen LogP contribution in [0.4, 0.5) is 0 Å². The van der Waals surface area contributed by atoms with E-state index >= 15 is 0 Å². The molecule has 0 aromatic heterocycles. The van der Waals surface area contributed by atoms with Gasteiger partial charge in [-0.15, -0.1) is 0 Å². The summed E-state index contributed by atoms with van der Waals surface area (Å²) in [6, 6.07) is 6.47. The predicted octanol–water partition coefficient (Wildman–Crippen LogP) is 3.36. The van der Waals surface area contributed by atoms with E-state index in [1.165, 1.54) is 25.7 Å². The lowest BCUT2D eigenvalue weighted by Gasteiger charge is -2.10. The summed E-state index contributed by atoms with van der Waals surface area (Å²) >= 11 is 0. The molecule has 0 spiro atoms. The molecule has 1 aliphatic rings. The first kappa shape index (κ1) is 14.9. The zero-order chi connectivity index (χ0) is 14.2. The molecule has 0 unspecified atom stereocenters. The van der Waals surface area contributed by atoms with Gasteiger partial charge in [0.15, 0.2) is 0 Å². The molecule has 4 nitrogen and oxygen atoms in total. The highest BCUT2D eigenvalue weighted by atomic mass is 16.5. The summed E-state index contributed by atoms with van der Waals surface area (Å²) in [6.45, 7) is 2.20. The normalized spacial score (nSPS) is 15.4. The third-order valence-electron chi connectivity index (χ3n) is 3.63. The van der Waals surface area contributed by atoms with Gasteiger partial charge in [0.25, 0.3) is 0 Å². The molecule has 1 aromatic rings. The maximum absolute atomic E-state index is 10.7. The van der Waals surface area contributed by atoms with E-state index in [0.29, 0.717) is 12.4 Å². The van der Waals surface area contributed by atoms with Crippen molar-refractivity contribution in [3.63, 3.8) is 0 Å². The minimum Gasteiger partial charge on any atom is -0.494 e. The van der Waals surface area contributed by atoms with Gasteiger partial charge in [-0.25, -0.2) is 4.79 Å². The van der Waals surface area contributed by atoms with E-state index in [9.17, 15) is 4.79 Å². The number of hydrogen-bond acceptors (Lipinski definition) is 3. The molecule has 1 aliphatic carbocycles. The van der Waals surface area contributed by atoms with Gasteiger partial charge >= 0.3 is 5.97 Å². The maximum atomic E-state index is 10.7. The van der Waals surface area contributed by atoms with Crippen LogP contribution in [0.1, 0.15) is 42.5 Å². The highest BCUT2D eigenvalue weighted by Gasteiger charge is 2.14. The fourth-order valence-corrected chi connectivity index (χ4v) is 2.47. The highest BCUT2D eigenvalue weighted by molar-refractivity contribution is 5.87. The second-order valence-electron chi connectivity index (χ2n) is 5.26. The number of hydrogen-bond donors (Lipinski definition) is 1. The summed E-state index contributed by atoms with van der Waals surface area (Å²) in [5.74, 6) is 0.544. The zero-order valence-electron chi connectivity index (χ0n) is 11.7. The maximum Gasteiger partial charge on any atom is 0.335 e. The summed E-state index contributed by atoms with van der Waals surface area (Å²) in [6.07, 6.45) is 6.18. The molecule has 0 heterocycles. The average molecular weight is 278 g/mol. The Bertz CT molecular complexity index is 407. The molecule has 1 N–H and O–H groups in total. The molecule has 2 rings (SSSR count). The van der Waals surface area contributed by atoms with Crippen LogP contribution in [-0.4, -0.2) is 30.9 Å². The molecule has 0 radical (unpaired) electrons. The molecule has 0 saturated heterocycles. The molecule has 0 bridgehead atoms. The number of rotatable bonds is 8. The molecule has 110 valence electrons. The lowest BCUT2D eigenvalue weighted by atomic mass is 10.1. The first-order valence-electron chi connectivity index (χ1n) is 7.29. The second-order valence-corrected chi connectivity index (χ2v) is 5.26. The zero-order valence-corrected chi connectivity index (χ0v) is 11.7. The quantitative estimate of drug-likeness (QED) is 0.741. The van der Waals surface area contributed by atoms with E-state index in [2.05, 4.69) is 0 Å². The van der Waals surface area contributed by atoms with Crippen molar-refractivity contribution in [3.8, 4) is 5.75 Å². The van der Waals surface area contributed by atoms with Crippen molar-refractivity contribution >= 4 is 5.97 Å². The standard InChI is InChI=1S/C16H22O4/c17-16(18)14-6-8-15(9-7-14)20-11-3-10-19-12-13-4-1-2-5-13/h6-9,13H,1-5,10-12H2,(H,17,18). The summed E-state index contributed by atoms with van der Waals surface area (Å²) in [7, 11) is 0. The third kappa shape index (κ3) is 4.85. The molecule has 0 amide bonds. The summed E-state index contributed by atoms with van der Waals surface area (Å²) in [4.78, 5) is 10.7. The molecular weight excluding hydrogens is 256 g/mol. The van der Waals surface area contributed by atoms with Crippen molar-refractivity contribution in [1.82, 2.24) is 0 Å². The van der Waals surface area contributed by atoms with E-state index in [1.54, 1.807) is 24.3 Å². The van der Waals surface area contributed by atoms with Crippen molar-refractivity contribution in [1.29, 1.82) is 0 Å². The molecule has 1 aromatic carbocycles. The van der Waals surface area contributed by atoms with Crippen molar-refractivity contribution in [2.24, 2.45) is 5.92 Å². The monoisotopic (exact) mass is 278 g/mol. The number of carboxylic acid groups (broad SMARTS) is 1. The number of carbonyl (C=O) groups is 1. The second kappa shape index (κ2) is 7.90. The Morgan fingerprint density at radius 3 is 2.50 bits per heavy atom. The molecule has 1 saturated carbocycles. The van der Waals surface area contributed by atoms with Crippen LogP contribution >= 0.6 is 0 Å². The average Bonchev–Trinajstić information content (AvgIpc) is 2.96. The minimum atomic E-state index is -0.920. The van der Waals surface area contributed by atoms with Gasteiger partial charge in [0.1, 0.15) is 5.75 Å². The van der Waals surface area contributed by atoms with Crippen LogP contribution in [0.15, 0.2) is 24.3 Å². The summed E-state index contributed by atoms with van der Waals surface area (Å²) in [5, 5.41) is 8.78. The fraction of sp³-hybridized carbons (Fsp3) is 0.562. The molecule has 0 aliphatic heterocycles. The van der Waals surface area contributed by atoms with Crippen LogP contribution in [0.5, 0.6) is 5.75 Å².